The van der Waals surface area contributed by atoms with Crippen molar-refractivity contribution in [2.24, 2.45) is 17.7 Å². The Morgan fingerprint density at radius 3 is 2.57 bits per heavy atom. The van der Waals surface area contributed by atoms with Crippen molar-refractivity contribution < 1.29 is 17.6 Å². The minimum Gasteiger partial charge on any atom is -0.271 e. The number of rotatable bonds is 3. The number of nitrogens with one attached hydrogen (secondary N) is 1. The average Bonchev–Trinajstić information content (AvgIpc) is 2.43. The SMILES string of the molecule is Cc1cc(C(NN)C2CCCC(C(F)(F)F)C2)ccc1F. The van der Waals surface area contributed by atoms with Gasteiger partial charge in [0.15, 0.2) is 0 Å². The highest BCUT2D eigenvalue weighted by atomic mass is 19.4. The van der Waals surface area contributed by atoms with Gasteiger partial charge >= 0.3 is 6.18 Å². The van der Waals surface area contributed by atoms with Crippen LogP contribution in [0.2, 0.25) is 0 Å². The molecule has 0 aliphatic heterocycles. The summed E-state index contributed by atoms with van der Waals surface area (Å²) >= 11 is 0. The van der Waals surface area contributed by atoms with Crippen LogP contribution in [0.3, 0.4) is 0 Å². The lowest BCUT2D eigenvalue weighted by molar-refractivity contribution is -0.186. The zero-order valence-corrected chi connectivity index (χ0v) is 11.9. The topological polar surface area (TPSA) is 38.0 Å². The average molecular weight is 304 g/mol. The molecule has 1 aromatic rings. The third kappa shape index (κ3) is 3.74. The molecule has 0 saturated heterocycles. The van der Waals surface area contributed by atoms with Crippen LogP contribution in [0.5, 0.6) is 0 Å². The standard InChI is InChI=1S/C15H20F4N2/c1-9-7-11(5-6-13(9)16)14(21-20)10-3-2-4-12(8-10)15(17,18)19/h5-7,10,12,14,21H,2-4,8,20H2,1H3. The van der Waals surface area contributed by atoms with Gasteiger partial charge in [-0.15, -0.1) is 0 Å². The van der Waals surface area contributed by atoms with E-state index < -0.39 is 12.1 Å². The van der Waals surface area contributed by atoms with Crippen molar-refractivity contribution >= 4 is 0 Å². The number of hydrogen-bond acceptors (Lipinski definition) is 2. The van der Waals surface area contributed by atoms with E-state index in [1.54, 1.807) is 19.1 Å². The van der Waals surface area contributed by atoms with Crippen molar-refractivity contribution in [3.8, 4) is 0 Å². The molecule has 21 heavy (non-hydrogen) atoms. The molecule has 1 aliphatic rings. The van der Waals surface area contributed by atoms with Crippen LogP contribution in [0.1, 0.15) is 42.9 Å². The summed E-state index contributed by atoms with van der Waals surface area (Å²) in [4.78, 5) is 0. The van der Waals surface area contributed by atoms with Crippen molar-refractivity contribution in [3.63, 3.8) is 0 Å². The molecule has 0 amide bonds. The normalized spacial score (nSPS) is 24.9. The number of benzene rings is 1. The summed E-state index contributed by atoms with van der Waals surface area (Å²) in [7, 11) is 0. The molecule has 3 N–H and O–H groups in total. The van der Waals surface area contributed by atoms with Crippen LogP contribution in [-0.2, 0) is 0 Å². The Bertz CT molecular complexity index is 487. The first-order chi connectivity index (χ1) is 9.82. The second-order valence-corrected chi connectivity index (χ2v) is 5.82. The molecule has 6 heteroatoms. The van der Waals surface area contributed by atoms with Crippen LogP contribution in [0.25, 0.3) is 0 Å². The van der Waals surface area contributed by atoms with E-state index >= 15 is 0 Å². The number of hydrazine groups is 1. The van der Waals surface area contributed by atoms with Crippen LogP contribution in [0.15, 0.2) is 18.2 Å². The maximum Gasteiger partial charge on any atom is 0.391 e. The summed E-state index contributed by atoms with van der Waals surface area (Å²) in [6.45, 7) is 1.63. The van der Waals surface area contributed by atoms with E-state index in [-0.39, 0.29) is 30.6 Å². The molecule has 2 rings (SSSR count). The highest BCUT2D eigenvalue weighted by molar-refractivity contribution is 5.27. The molecule has 0 heterocycles. The first-order valence-corrected chi connectivity index (χ1v) is 7.11. The van der Waals surface area contributed by atoms with Crippen LogP contribution in [0.4, 0.5) is 17.6 Å². The Kier molecular flexibility index (Phi) is 4.88. The summed E-state index contributed by atoms with van der Waals surface area (Å²) < 4.78 is 52.0. The van der Waals surface area contributed by atoms with Crippen LogP contribution in [0, 0.1) is 24.6 Å². The second kappa shape index (κ2) is 6.32. The zero-order valence-electron chi connectivity index (χ0n) is 11.9. The van der Waals surface area contributed by atoms with Gasteiger partial charge < -0.3 is 0 Å². The molecule has 2 nitrogen and oxygen atoms in total. The Morgan fingerprint density at radius 2 is 2.00 bits per heavy atom. The molecular weight excluding hydrogens is 284 g/mol. The summed E-state index contributed by atoms with van der Waals surface area (Å²) in [5, 5.41) is 0. The number of aryl methyl sites for hydroxylation is 1. The number of hydrogen-bond donors (Lipinski definition) is 2. The van der Waals surface area contributed by atoms with Gasteiger partial charge in [0, 0.05) is 6.04 Å². The van der Waals surface area contributed by atoms with E-state index in [2.05, 4.69) is 5.43 Å². The van der Waals surface area contributed by atoms with Crippen molar-refractivity contribution in [1.29, 1.82) is 0 Å². The third-order valence-corrected chi connectivity index (χ3v) is 4.37. The molecule has 1 fully saturated rings. The molecule has 0 bridgehead atoms. The molecule has 3 unspecified atom stereocenters. The summed E-state index contributed by atoms with van der Waals surface area (Å²) in [6.07, 6.45) is -2.68. The molecule has 0 aromatic heterocycles. The molecule has 3 atom stereocenters. The Balaban J connectivity index is 2.18. The number of alkyl halides is 3. The van der Waals surface area contributed by atoms with Gasteiger partial charge in [0.25, 0.3) is 0 Å². The molecule has 0 spiro atoms. The van der Waals surface area contributed by atoms with Crippen LogP contribution < -0.4 is 11.3 Å². The van der Waals surface area contributed by atoms with Crippen LogP contribution >= 0.6 is 0 Å². The number of halogens is 4. The maximum atomic E-state index is 13.3. The smallest absolute Gasteiger partial charge is 0.271 e. The lowest BCUT2D eigenvalue weighted by Gasteiger charge is -2.35. The third-order valence-electron chi connectivity index (χ3n) is 4.37. The first kappa shape index (κ1) is 16.2. The van der Waals surface area contributed by atoms with Crippen molar-refractivity contribution in [2.45, 2.75) is 44.8 Å². The maximum absolute atomic E-state index is 13.3. The van der Waals surface area contributed by atoms with Crippen LogP contribution in [-0.4, -0.2) is 6.18 Å². The molecule has 1 saturated carbocycles. The quantitative estimate of drug-likeness (QED) is 0.503. The summed E-state index contributed by atoms with van der Waals surface area (Å²) in [5.74, 6) is 3.76. The van der Waals surface area contributed by atoms with Gasteiger partial charge in [-0.3, -0.25) is 11.3 Å². The Hall–Kier alpha value is -1.14. The minimum absolute atomic E-state index is 0.0643. The second-order valence-electron chi connectivity index (χ2n) is 5.82. The van der Waals surface area contributed by atoms with Gasteiger partial charge in [0.1, 0.15) is 5.82 Å². The Morgan fingerprint density at radius 1 is 1.29 bits per heavy atom. The summed E-state index contributed by atoms with van der Waals surface area (Å²) in [5.41, 5.74) is 3.83. The van der Waals surface area contributed by atoms with Gasteiger partial charge in [-0.25, -0.2) is 4.39 Å². The molecule has 1 aromatic carbocycles. The lowest BCUT2D eigenvalue weighted by Crippen LogP contribution is -2.38. The van der Waals surface area contributed by atoms with E-state index in [1.165, 1.54) is 6.07 Å². The minimum atomic E-state index is -4.16. The zero-order chi connectivity index (χ0) is 15.6. The van der Waals surface area contributed by atoms with Crippen molar-refractivity contribution in [1.82, 2.24) is 5.43 Å². The predicted octanol–water partition coefficient (Wildman–Crippen LogP) is 4.01. The van der Waals surface area contributed by atoms with E-state index in [9.17, 15) is 17.6 Å². The molecular formula is C15H20F4N2. The van der Waals surface area contributed by atoms with Gasteiger partial charge in [-0.1, -0.05) is 18.6 Å². The predicted molar refractivity (Wildman–Crippen MR) is 72.7 cm³/mol. The fraction of sp³-hybridized carbons (Fsp3) is 0.600. The van der Waals surface area contributed by atoms with Gasteiger partial charge in [-0.05, 0) is 49.3 Å². The highest BCUT2D eigenvalue weighted by Gasteiger charge is 2.43. The van der Waals surface area contributed by atoms with E-state index in [1.807, 2.05) is 0 Å². The van der Waals surface area contributed by atoms with Gasteiger partial charge in [0.05, 0.1) is 5.92 Å². The largest absolute Gasteiger partial charge is 0.391 e. The molecule has 0 radical (unpaired) electrons. The lowest BCUT2D eigenvalue weighted by atomic mass is 9.76. The fourth-order valence-corrected chi connectivity index (χ4v) is 3.19. The molecule has 1 aliphatic carbocycles. The first-order valence-electron chi connectivity index (χ1n) is 7.11. The monoisotopic (exact) mass is 304 g/mol. The highest BCUT2D eigenvalue weighted by Crippen LogP contribution is 2.43. The van der Waals surface area contributed by atoms with Gasteiger partial charge in [0.2, 0.25) is 0 Å². The Labute approximate surface area is 121 Å². The fourth-order valence-electron chi connectivity index (χ4n) is 3.19. The van der Waals surface area contributed by atoms with E-state index in [0.717, 1.165) is 5.56 Å². The van der Waals surface area contributed by atoms with Crippen molar-refractivity contribution in [2.75, 3.05) is 0 Å². The van der Waals surface area contributed by atoms with Gasteiger partial charge in [-0.2, -0.15) is 13.2 Å². The molecule has 118 valence electrons. The van der Waals surface area contributed by atoms with Crippen molar-refractivity contribution in [3.05, 3.63) is 35.1 Å². The van der Waals surface area contributed by atoms with E-state index in [0.29, 0.717) is 18.4 Å². The number of nitrogens with two attached hydrogens (primary N) is 1. The van der Waals surface area contributed by atoms with E-state index in [4.69, 9.17) is 5.84 Å². The summed E-state index contributed by atoms with van der Waals surface area (Å²) in [6, 6.07) is 4.19.